The second-order valence-electron chi connectivity index (χ2n) is 7.72. The van der Waals surface area contributed by atoms with Gasteiger partial charge in [-0.05, 0) is 11.6 Å². The Morgan fingerprint density at radius 2 is 1.77 bits per heavy atom. The van der Waals surface area contributed by atoms with Gasteiger partial charge >= 0.3 is 18.1 Å². The standard InChI is InChI=1S/C23H27N5O7/c1-34-21(29)20(25-23(31)35-16-17-6-3-2-4-7-17)15-24-22(30)27-12-10-26(11-13-27)18-8-5-9-19(14-18)28(32)33/h2-9,14,20H,10-13,15-16H2,1H3,(H,24,30)(H,25,31)/t20-/m0/s1. The Bertz CT molecular complexity index is 1040. The molecule has 3 amide bonds. The number of rotatable bonds is 8. The quantitative estimate of drug-likeness (QED) is 0.328. The molecule has 35 heavy (non-hydrogen) atoms. The lowest BCUT2D eigenvalue weighted by Gasteiger charge is -2.36. The van der Waals surface area contributed by atoms with Crippen molar-refractivity contribution in [2.75, 3.05) is 44.7 Å². The van der Waals surface area contributed by atoms with E-state index in [1.807, 2.05) is 23.1 Å². The van der Waals surface area contributed by atoms with E-state index in [4.69, 9.17) is 9.47 Å². The number of nitrogens with zero attached hydrogens (tertiary/aromatic N) is 3. The van der Waals surface area contributed by atoms with Crippen molar-refractivity contribution in [3.8, 4) is 0 Å². The number of esters is 1. The summed E-state index contributed by atoms with van der Waals surface area (Å²) in [5.41, 5.74) is 1.50. The SMILES string of the molecule is COC(=O)[C@H](CNC(=O)N1CCN(c2cccc([N+](=O)[O-])c2)CC1)NC(=O)OCc1ccccc1. The Balaban J connectivity index is 1.47. The summed E-state index contributed by atoms with van der Waals surface area (Å²) >= 11 is 0. The van der Waals surface area contributed by atoms with Crippen molar-refractivity contribution >= 4 is 29.5 Å². The molecule has 12 nitrogen and oxygen atoms in total. The highest BCUT2D eigenvalue weighted by molar-refractivity contribution is 5.82. The number of anilines is 1. The molecule has 2 N–H and O–H groups in total. The Kier molecular flexibility index (Phi) is 8.82. The molecule has 0 unspecified atom stereocenters. The van der Waals surface area contributed by atoms with Crippen LogP contribution in [0.15, 0.2) is 54.6 Å². The van der Waals surface area contributed by atoms with Gasteiger partial charge < -0.3 is 29.9 Å². The number of nitro benzene ring substituents is 1. The normalized spacial score (nSPS) is 14.0. The lowest BCUT2D eigenvalue weighted by molar-refractivity contribution is -0.384. The molecule has 1 saturated heterocycles. The van der Waals surface area contributed by atoms with Gasteiger partial charge in [0.25, 0.3) is 5.69 Å². The van der Waals surface area contributed by atoms with E-state index in [0.29, 0.717) is 31.9 Å². The molecule has 0 saturated carbocycles. The van der Waals surface area contributed by atoms with E-state index in [9.17, 15) is 24.5 Å². The molecule has 1 atom stereocenters. The first-order valence-electron chi connectivity index (χ1n) is 10.9. The number of hydrogen-bond donors (Lipinski definition) is 2. The van der Waals surface area contributed by atoms with Crippen molar-refractivity contribution in [3.05, 3.63) is 70.3 Å². The second kappa shape index (κ2) is 12.2. The monoisotopic (exact) mass is 485 g/mol. The van der Waals surface area contributed by atoms with Crippen LogP contribution < -0.4 is 15.5 Å². The third-order valence-electron chi connectivity index (χ3n) is 5.42. The van der Waals surface area contributed by atoms with Crippen molar-refractivity contribution in [3.63, 3.8) is 0 Å². The summed E-state index contributed by atoms with van der Waals surface area (Å²) in [6.45, 7) is 1.57. The zero-order valence-corrected chi connectivity index (χ0v) is 19.2. The number of hydrogen-bond acceptors (Lipinski definition) is 8. The van der Waals surface area contributed by atoms with Crippen LogP contribution in [-0.2, 0) is 20.9 Å². The predicted molar refractivity (Wildman–Crippen MR) is 126 cm³/mol. The van der Waals surface area contributed by atoms with E-state index < -0.39 is 29.1 Å². The van der Waals surface area contributed by atoms with Crippen LogP contribution in [0.2, 0.25) is 0 Å². The minimum atomic E-state index is -1.13. The number of ether oxygens (including phenoxy) is 2. The highest BCUT2D eigenvalue weighted by atomic mass is 16.6. The zero-order valence-electron chi connectivity index (χ0n) is 19.2. The summed E-state index contributed by atoms with van der Waals surface area (Å²) in [4.78, 5) is 50.9. The maximum absolute atomic E-state index is 12.6. The maximum atomic E-state index is 12.6. The molecule has 1 heterocycles. The first kappa shape index (κ1) is 25.3. The van der Waals surface area contributed by atoms with Crippen molar-refractivity contribution in [1.29, 1.82) is 0 Å². The van der Waals surface area contributed by atoms with Crippen LogP contribution in [0.25, 0.3) is 0 Å². The molecule has 1 aliphatic rings. The molecule has 3 rings (SSSR count). The molecule has 0 spiro atoms. The van der Waals surface area contributed by atoms with E-state index >= 15 is 0 Å². The minimum Gasteiger partial charge on any atom is -0.467 e. The fourth-order valence-electron chi connectivity index (χ4n) is 3.51. The number of piperazine rings is 1. The minimum absolute atomic E-state index is 0.00585. The van der Waals surface area contributed by atoms with E-state index in [1.54, 1.807) is 29.2 Å². The van der Waals surface area contributed by atoms with Gasteiger partial charge in [0.05, 0.1) is 18.6 Å². The molecular formula is C23H27N5O7. The van der Waals surface area contributed by atoms with Crippen molar-refractivity contribution in [2.45, 2.75) is 12.6 Å². The Hall–Kier alpha value is -4.35. The van der Waals surface area contributed by atoms with Crippen LogP contribution in [0.3, 0.4) is 0 Å². The number of amides is 3. The number of benzene rings is 2. The third kappa shape index (κ3) is 7.32. The van der Waals surface area contributed by atoms with Crippen LogP contribution in [0, 0.1) is 10.1 Å². The molecule has 2 aromatic carbocycles. The molecule has 1 fully saturated rings. The molecule has 0 radical (unpaired) electrons. The van der Waals surface area contributed by atoms with Gasteiger partial charge in [-0.25, -0.2) is 14.4 Å². The lowest BCUT2D eigenvalue weighted by atomic mass is 10.2. The van der Waals surface area contributed by atoms with E-state index in [1.165, 1.54) is 19.2 Å². The van der Waals surface area contributed by atoms with Gasteiger partial charge in [-0.1, -0.05) is 36.4 Å². The van der Waals surface area contributed by atoms with Gasteiger partial charge in [-0.2, -0.15) is 0 Å². The summed E-state index contributed by atoms with van der Waals surface area (Å²) < 4.78 is 9.84. The highest BCUT2D eigenvalue weighted by Crippen LogP contribution is 2.22. The summed E-state index contributed by atoms with van der Waals surface area (Å²) in [6.07, 6.45) is -0.816. The van der Waals surface area contributed by atoms with E-state index in [2.05, 4.69) is 10.6 Å². The van der Waals surface area contributed by atoms with Crippen molar-refractivity contribution in [2.24, 2.45) is 0 Å². The Morgan fingerprint density at radius 1 is 1.06 bits per heavy atom. The largest absolute Gasteiger partial charge is 0.467 e. The van der Waals surface area contributed by atoms with Gasteiger partial charge in [-0.3, -0.25) is 10.1 Å². The van der Waals surface area contributed by atoms with Gasteiger partial charge in [0.1, 0.15) is 12.6 Å². The molecule has 0 aliphatic carbocycles. The molecular weight excluding hydrogens is 458 g/mol. The van der Waals surface area contributed by atoms with Crippen LogP contribution >= 0.6 is 0 Å². The van der Waals surface area contributed by atoms with Gasteiger partial charge in [0.2, 0.25) is 0 Å². The fraction of sp³-hybridized carbons (Fsp3) is 0.348. The summed E-state index contributed by atoms with van der Waals surface area (Å²) in [7, 11) is 1.18. The van der Waals surface area contributed by atoms with Crippen LogP contribution in [0.1, 0.15) is 5.56 Å². The van der Waals surface area contributed by atoms with Gasteiger partial charge in [0, 0.05) is 44.0 Å². The first-order chi connectivity index (χ1) is 16.9. The average molecular weight is 485 g/mol. The zero-order chi connectivity index (χ0) is 25.2. The highest BCUT2D eigenvalue weighted by Gasteiger charge is 2.26. The number of methoxy groups -OCH3 is 1. The fourth-order valence-corrected chi connectivity index (χ4v) is 3.51. The number of nitro groups is 1. The van der Waals surface area contributed by atoms with Crippen molar-refractivity contribution < 1.29 is 28.8 Å². The van der Waals surface area contributed by atoms with Crippen LogP contribution in [-0.4, -0.2) is 73.8 Å². The van der Waals surface area contributed by atoms with E-state index in [-0.39, 0.29) is 18.8 Å². The smallest absolute Gasteiger partial charge is 0.408 e. The number of carbonyl (C=O) groups excluding carboxylic acids is 3. The predicted octanol–water partition coefficient (Wildman–Crippen LogP) is 1.89. The lowest BCUT2D eigenvalue weighted by Crippen LogP contribution is -2.55. The van der Waals surface area contributed by atoms with Gasteiger partial charge in [0.15, 0.2) is 0 Å². The van der Waals surface area contributed by atoms with E-state index in [0.717, 1.165) is 5.56 Å². The van der Waals surface area contributed by atoms with Crippen LogP contribution in [0.5, 0.6) is 0 Å². The van der Waals surface area contributed by atoms with Gasteiger partial charge in [-0.15, -0.1) is 0 Å². The third-order valence-corrected chi connectivity index (χ3v) is 5.42. The van der Waals surface area contributed by atoms with Crippen LogP contribution in [0.4, 0.5) is 21.0 Å². The molecule has 12 heteroatoms. The summed E-state index contributed by atoms with van der Waals surface area (Å²) in [5.74, 6) is -0.725. The number of urea groups is 1. The number of alkyl carbamates (subject to hydrolysis) is 1. The second-order valence-corrected chi connectivity index (χ2v) is 7.72. The molecule has 1 aliphatic heterocycles. The average Bonchev–Trinajstić information content (AvgIpc) is 2.90. The maximum Gasteiger partial charge on any atom is 0.408 e. The Morgan fingerprint density at radius 3 is 2.43 bits per heavy atom. The molecule has 186 valence electrons. The van der Waals surface area contributed by atoms with Crippen molar-refractivity contribution in [1.82, 2.24) is 15.5 Å². The number of carbonyl (C=O) groups is 3. The molecule has 0 aromatic heterocycles. The Labute approximate surface area is 201 Å². The first-order valence-corrected chi connectivity index (χ1v) is 10.9. The molecule has 2 aromatic rings. The summed E-state index contributed by atoms with van der Waals surface area (Å²) in [5, 5.41) is 16.0. The molecule has 0 bridgehead atoms. The number of non-ortho nitro benzene ring substituents is 1. The topological polar surface area (TPSA) is 143 Å². The number of nitrogens with one attached hydrogen (secondary N) is 2. The summed E-state index contributed by atoms with van der Waals surface area (Å²) in [6, 6.07) is 13.9.